The van der Waals surface area contributed by atoms with E-state index < -0.39 is 0 Å². The molecule has 3 aliphatic heterocycles. The number of nitrogens with two attached hydrogens (primary N) is 1. The molecule has 3 rings (SSSR count). The predicted octanol–water partition coefficient (Wildman–Crippen LogP) is 1.05. The summed E-state index contributed by atoms with van der Waals surface area (Å²) in [5.41, 5.74) is 6.54. The van der Waals surface area contributed by atoms with Gasteiger partial charge >= 0.3 is 0 Å². The van der Waals surface area contributed by atoms with E-state index in [0.717, 1.165) is 26.3 Å². The van der Waals surface area contributed by atoms with Crippen molar-refractivity contribution in [2.24, 2.45) is 5.73 Å². The largest absolute Gasteiger partial charge is 0.378 e. The lowest BCUT2D eigenvalue weighted by Crippen LogP contribution is -2.66. The lowest BCUT2D eigenvalue weighted by molar-refractivity contribution is -0.0777. The molecule has 0 aromatic rings. The molecule has 2 N–H and O–H groups in total. The maximum Gasteiger partial charge on any atom is 0.0622 e. The molecular weight excluding hydrogens is 238 g/mol. The number of nitrogens with zero attached hydrogens (tertiary/aromatic N) is 2. The minimum Gasteiger partial charge on any atom is -0.378 e. The monoisotopic (exact) mass is 267 g/mol. The van der Waals surface area contributed by atoms with Crippen molar-refractivity contribution in [2.45, 2.75) is 56.7 Å². The van der Waals surface area contributed by atoms with E-state index in [4.69, 9.17) is 10.5 Å². The first-order valence-corrected chi connectivity index (χ1v) is 8.10. The molecule has 0 amide bonds. The molecule has 3 heterocycles. The fourth-order valence-electron chi connectivity index (χ4n) is 4.64. The van der Waals surface area contributed by atoms with Gasteiger partial charge in [-0.25, -0.2) is 0 Å². The van der Waals surface area contributed by atoms with Crippen molar-refractivity contribution in [3.05, 3.63) is 0 Å². The van der Waals surface area contributed by atoms with Gasteiger partial charge in [0.2, 0.25) is 0 Å². The average molecular weight is 267 g/mol. The molecule has 3 atom stereocenters. The van der Waals surface area contributed by atoms with Crippen LogP contribution >= 0.6 is 0 Å². The highest BCUT2D eigenvalue weighted by molar-refractivity contribution is 5.10. The fourth-order valence-corrected chi connectivity index (χ4v) is 4.64. The van der Waals surface area contributed by atoms with Crippen molar-refractivity contribution in [2.75, 3.05) is 39.4 Å². The van der Waals surface area contributed by atoms with Crippen LogP contribution in [-0.2, 0) is 4.74 Å². The molecule has 0 aromatic heterocycles. The van der Waals surface area contributed by atoms with Crippen molar-refractivity contribution in [3.63, 3.8) is 0 Å². The Morgan fingerprint density at radius 2 is 2.16 bits per heavy atom. The van der Waals surface area contributed by atoms with Crippen LogP contribution in [0.15, 0.2) is 0 Å². The molecule has 4 heteroatoms. The summed E-state index contributed by atoms with van der Waals surface area (Å²) in [6.07, 6.45) is 6.52. The molecule has 3 unspecified atom stereocenters. The fraction of sp³-hybridized carbons (Fsp3) is 1.00. The Kier molecular flexibility index (Phi) is 4.13. The summed E-state index contributed by atoms with van der Waals surface area (Å²) in [5.74, 6) is 0. The van der Waals surface area contributed by atoms with E-state index in [-0.39, 0.29) is 5.54 Å². The minimum absolute atomic E-state index is 0.227. The molecule has 0 saturated carbocycles. The third kappa shape index (κ3) is 2.23. The predicted molar refractivity (Wildman–Crippen MR) is 77.2 cm³/mol. The van der Waals surface area contributed by atoms with Crippen LogP contribution in [0.25, 0.3) is 0 Å². The first-order valence-electron chi connectivity index (χ1n) is 8.10. The number of ether oxygens (including phenoxy) is 1. The molecule has 0 aliphatic carbocycles. The summed E-state index contributed by atoms with van der Waals surface area (Å²) in [5, 5.41) is 0. The lowest BCUT2D eigenvalue weighted by Gasteiger charge is -2.52. The minimum atomic E-state index is 0.227. The molecule has 0 spiro atoms. The molecule has 0 aromatic carbocycles. The van der Waals surface area contributed by atoms with Gasteiger partial charge in [0.05, 0.1) is 18.8 Å². The zero-order valence-electron chi connectivity index (χ0n) is 12.3. The summed E-state index contributed by atoms with van der Waals surface area (Å²) < 4.78 is 5.69. The molecule has 19 heavy (non-hydrogen) atoms. The first-order chi connectivity index (χ1) is 9.31. The highest BCUT2D eigenvalue weighted by Gasteiger charge is 2.52. The molecule has 3 saturated heterocycles. The van der Waals surface area contributed by atoms with E-state index in [1.165, 1.54) is 45.2 Å². The Hall–Kier alpha value is -0.160. The normalized spacial score (nSPS) is 41.4. The molecule has 0 bridgehead atoms. The van der Waals surface area contributed by atoms with Gasteiger partial charge in [-0.15, -0.1) is 0 Å². The van der Waals surface area contributed by atoms with Gasteiger partial charge in [-0.2, -0.15) is 0 Å². The number of piperidine rings is 1. The van der Waals surface area contributed by atoms with E-state index in [1.54, 1.807) is 0 Å². The van der Waals surface area contributed by atoms with Crippen molar-refractivity contribution in [3.8, 4) is 0 Å². The van der Waals surface area contributed by atoms with Crippen molar-refractivity contribution in [1.29, 1.82) is 0 Å². The third-order valence-electron chi connectivity index (χ3n) is 5.69. The molecule has 110 valence electrons. The Labute approximate surface area is 117 Å². The zero-order chi connectivity index (χ0) is 13.3. The highest BCUT2D eigenvalue weighted by Crippen LogP contribution is 2.40. The van der Waals surface area contributed by atoms with Crippen molar-refractivity contribution >= 4 is 0 Å². The van der Waals surface area contributed by atoms with Crippen LogP contribution in [0.2, 0.25) is 0 Å². The van der Waals surface area contributed by atoms with Crippen LogP contribution in [0, 0.1) is 0 Å². The van der Waals surface area contributed by atoms with Gasteiger partial charge in [0, 0.05) is 31.7 Å². The molecule has 3 aliphatic rings. The molecular formula is C15H29N3O. The standard InChI is InChI=1S/C15H29N3O/c1-2-13-11-19-10-9-18(13)15(12-16)6-8-17-7-4-3-5-14(15)17/h13-14H,2-12,16H2,1H3. The average Bonchev–Trinajstić information content (AvgIpc) is 2.87. The van der Waals surface area contributed by atoms with Crippen LogP contribution in [0.1, 0.15) is 39.0 Å². The van der Waals surface area contributed by atoms with E-state index in [2.05, 4.69) is 16.7 Å². The van der Waals surface area contributed by atoms with E-state index in [1.807, 2.05) is 0 Å². The molecule has 3 fully saturated rings. The summed E-state index contributed by atoms with van der Waals surface area (Å²) in [6, 6.07) is 1.26. The summed E-state index contributed by atoms with van der Waals surface area (Å²) in [6.45, 7) is 8.47. The smallest absolute Gasteiger partial charge is 0.0622 e. The van der Waals surface area contributed by atoms with Gasteiger partial charge in [0.1, 0.15) is 0 Å². The van der Waals surface area contributed by atoms with Crippen LogP contribution in [0.4, 0.5) is 0 Å². The first kappa shape index (κ1) is 13.8. The summed E-state index contributed by atoms with van der Waals surface area (Å²) in [4.78, 5) is 5.44. The number of hydrogen-bond donors (Lipinski definition) is 1. The third-order valence-corrected chi connectivity index (χ3v) is 5.69. The van der Waals surface area contributed by atoms with Gasteiger partial charge in [0.15, 0.2) is 0 Å². The van der Waals surface area contributed by atoms with Gasteiger partial charge in [-0.05, 0) is 32.2 Å². The number of rotatable bonds is 3. The van der Waals surface area contributed by atoms with Crippen LogP contribution in [0.3, 0.4) is 0 Å². The maximum atomic E-state index is 6.31. The maximum absolute atomic E-state index is 6.31. The number of morpholine rings is 1. The Morgan fingerprint density at radius 3 is 2.95 bits per heavy atom. The molecule has 0 radical (unpaired) electrons. The van der Waals surface area contributed by atoms with E-state index in [0.29, 0.717) is 12.1 Å². The zero-order valence-corrected chi connectivity index (χ0v) is 12.3. The van der Waals surface area contributed by atoms with Gasteiger partial charge in [0.25, 0.3) is 0 Å². The van der Waals surface area contributed by atoms with Gasteiger partial charge < -0.3 is 10.5 Å². The Balaban J connectivity index is 1.85. The van der Waals surface area contributed by atoms with Gasteiger partial charge in [-0.3, -0.25) is 9.80 Å². The number of hydrogen-bond acceptors (Lipinski definition) is 4. The van der Waals surface area contributed by atoms with Gasteiger partial charge in [-0.1, -0.05) is 13.3 Å². The topological polar surface area (TPSA) is 41.7 Å². The summed E-state index contributed by atoms with van der Waals surface area (Å²) >= 11 is 0. The van der Waals surface area contributed by atoms with Crippen LogP contribution in [-0.4, -0.2) is 66.8 Å². The molecule has 4 nitrogen and oxygen atoms in total. The van der Waals surface area contributed by atoms with Crippen LogP contribution in [0.5, 0.6) is 0 Å². The second-order valence-corrected chi connectivity index (χ2v) is 6.44. The SMILES string of the molecule is CCC1COCCN1C1(CN)CCN2CCCCC21. The quantitative estimate of drug-likeness (QED) is 0.830. The van der Waals surface area contributed by atoms with E-state index >= 15 is 0 Å². The Morgan fingerprint density at radius 1 is 1.26 bits per heavy atom. The Bertz CT molecular complexity index is 312. The van der Waals surface area contributed by atoms with Crippen molar-refractivity contribution in [1.82, 2.24) is 9.80 Å². The van der Waals surface area contributed by atoms with Crippen molar-refractivity contribution < 1.29 is 4.74 Å². The number of fused-ring (bicyclic) bond motifs is 1. The van der Waals surface area contributed by atoms with Crippen LogP contribution < -0.4 is 5.73 Å². The highest BCUT2D eigenvalue weighted by atomic mass is 16.5. The lowest BCUT2D eigenvalue weighted by atomic mass is 9.82. The second-order valence-electron chi connectivity index (χ2n) is 6.44. The second kappa shape index (κ2) is 5.68. The summed E-state index contributed by atoms with van der Waals surface area (Å²) in [7, 11) is 0. The van der Waals surface area contributed by atoms with E-state index in [9.17, 15) is 0 Å².